The van der Waals surface area contributed by atoms with Gasteiger partial charge in [-0.25, -0.2) is 0 Å². The molecule has 1 aliphatic heterocycles. The van der Waals surface area contributed by atoms with Crippen LogP contribution in [0.5, 0.6) is 5.75 Å². The van der Waals surface area contributed by atoms with Crippen LogP contribution in [0.1, 0.15) is 41.8 Å². The monoisotopic (exact) mass is 461 g/mol. The predicted molar refractivity (Wildman–Crippen MR) is 123 cm³/mol. The molecule has 1 saturated heterocycles. The first-order chi connectivity index (χ1) is 15.1. The van der Waals surface area contributed by atoms with E-state index in [0.717, 1.165) is 30.8 Å². The second kappa shape index (κ2) is 8.85. The van der Waals surface area contributed by atoms with Crippen LogP contribution in [0, 0.1) is 11.8 Å². The largest absolute Gasteiger partial charge is 0.495 e. The molecular formula is C25H26F3NO2S. The fourth-order valence-electron chi connectivity index (χ4n) is 4.40. The maximum atomic E-state index is 13.0. The highest BCUT2D eigenvalue weighted by molar-refractivity contribution is 8.00. The Bertz CT molecular complexity index is 1050. The molecule has 1 fully saturated rings. The summed E-state index contributed by atoms with van der Waals surface area (Å²) in [5.74, 6) is 1.91. The molecule has 0 amide bonds. The molecule has 4 rings (SSSR count). The third-order valence-electron chi connectivity index (χ3n) is 6.45. The maximum Gasteiger partial charge on any atom is 0.446 e. The lowest BCUT2D eigenvalue weighted by Gasteiger charge is -2.37. The molecular weight excluding hydrogens is 435 g/mol. The van der Waals surface area contributed by atoms with E-state index in [9.17, 15) is 18.0 Å². The van der Waals surface area contributed by atoms with Gasteiger partial charge in [-0.3, -0.25) is 4.79 Å². The number of thioether (sulfide) groups is 1. The smallest absolute Gasteiger partial charge is 0.446 e. The van der Waals surface area contributed by atoms with E-state index in [0.29, 0.717) is 40.7 Å². The fourth-order valence-corrected chi connectivity index (χ4v) is 4.94. The Morgan fingerprint density at radius 2 is 1.84 bits per heavy atom. The zero-order chi connectivity index (χ0) is 23.0. The zero-order valence-electron chi connectivity index (χ0n) is 18.3. The number of Topliss-reactive ketones (excluding diaryl/α,β-unsaturated/α-hetero) is 1. The Kier molecular flexibility index (Phi) is 6.30. The number of methoxy groups -OCH3 is 1. The van der Waals surface area contributed by atoms with Gasteiger partial charge in [-0.05, 0) is 71.5 Å². The fraction of sp³-hybridized carbons (Fsp3) is 0.400. The van der Waals surface area contributed by atoms with E-state index in [1.807, 2.05) is 6.07 Å². The summed E-state index contributed by atoms with van der Waals surface area (Å²) in [6.07, 6.45) is 3.39. The van der Waals surface area contributed by atoms with Gasteiger partial charge in [0, 0.05) is 35.5 Å². The summed E-state index contributed by atoms with van der Waals surface area (Å²) in [4.78, 5) is 15.5. The molecule has 1 unspecified atom stereocenters. The van der Waals surface area contributed by atoms with Crippen LogP contribution in [0.4, 0.5) is 18.9 Å². The number of carbonyl (C=O) groups is 1. The zero-order valence-corrected chi connectivity index (χ0v) is 19.1. The minimum absolute atomic E-state index is 0.0563. The molecule has 0 saturated carbocycles. The standard InChI is InChI=1S/C25H26F3NO2S/c1-15-8-9-29(14-16(15)2)22-12-18-11-19(24(30)21(18)13-23(22)31-3)10-17-4-6-20(7-5-17)32-25(26,27)28/h4-7,10,12-13,15-16H,8-9,11,14H2,1-3H3/b19-10+/t15?,16-/m0/s1. The van der Waals surface area contributed by atoms with Gasteiger partial charge < -0.3 is 9.64 Å². The number of hydrogen-bond acceptors (Lipinski definition) is 4. The number of ether oxygens (including phenoxy) is 1. The van der Waals surface area contributed by atoms with Crippen LogP contribution < -0.4 is 9.64 Å². The van der Waals surface area contributed by atoms with Crippen molar-refractivity contribution in [3.63, 3.8) is 0 Å². The number of rotatable bonds is 4. The van der Waals surface area contributed by atoms with Gasteiger partial charge in [0.25, 0.3) is 0 Å². The van der Waals surface area contributed by atoms with E-state index in [1.54, 1.807) is 25.3 Å². The van der Waals surface area contributed by atoms with Gasteiger partial charge in [0.15, 0.2) is 5.78 Å². The number of allylic oxidation sites excluding steroid dienone is 1. The highest BCUT2D eigenvalue weighted by Crippen LogP contribution is 2.40. The molecule has 2 aromatic rings. The Labute approximate surface area is 190 Å². The second-order valence-electron chi connectivity index (χ2n) is 8.66. The van der Waals surface area contributed by atoms with Gasteiger partial charge in [-0.15, -0.1) is 0 Å². The highest BCUT2D eigenvalue weighted by Gasteiger charge is 2.31. The lowest BCUT2D eigenvalue weighted by molar-refractivity contribution is -0.0328. The summed E-state index contributed by atoms with van der Waals surface area (Å²) in [5.41, 5.74) is -0.348. The molecule has 2 atom stereocenters. The number of alkyl halides is 3. The van der Waals surface area contributed by atoms with Crippen LogP contribution in [-0.4, -0.2) is 31.5 Å². The minimum atomic E-state index is -4.32. The number of piperidine rings is 1. The summed E-state index contributed by atoms with van der Waals surface area (Å²) in [7, 11) is 1.62. The van der Waals surface area contributed by atoms with Crippen molar-refractivity contribution in [1.29, 1.82) is 0 Å². The number of carbonyl (C=O) groups excluding carboxylic acids is 1. The molecule has 0 radical (unpaired) electrons. The quantitative estimate of drug-likeness (QED) is 0.378. The van der Waals surface area contributed by atoms with E-state index >= 15 is 0 Å². The molecule has 2 aliphatic rings. The summed E-state index contributed by atoms with van der Waals surface area (Å²) < 4.78 is 43.2. The predicted octanol–water partition coefficient (Wildman–Crippen LogP) is 6.61. The van der Waals surface area contributed by atoms with Gasteiger partial charge in [-0.1, -0.05) is 26.0 Å². The molecule has 1 aliphatic carbocycles. The van der Waals surface area contributed by atoms with Crippen molar-refractivity contribution in [2.45, 2.75) is 37.1 Å². The molecule has 32 heavy (non-hydrogen) atoms. The number of fused-ring (bicyclic) bond motifs is 1. The second-order valence-corrected chi connectivity index (χ2v) is 9.80. The average molecular weight is 462 g/mol. The third-order valence-corrected chi connectivity index (χ3v) is 7.19. The van der Waals surface area contributed by atoms with Crippen molar-refractivity contribution in [3.05, 3.63) is 58.7 Å². The van der Waals surface area contributed by atoms with E-state index in [2.05, 4.69) is 24.8 Å². The number of nitrogens with zero attached hydrogens (tertiary/aromatic N) is 1. The first-order valence-electron chi connectivity index (χ1n) is 10.7. The lowest BCUT2D eigenvalue weighted by atomic mass is 9.88. The topological polar surface area (TPSA) is 29.5 Å². The maximum absolute atomic E-state index is 13.0. The molecule has 0 spiro atoms. The van der Waals surface area contributed by atoms with Crippen LogP contribution in [-0.2, 0) is 6.42 Å². The summed E-state index contributed by atoms with van der Waals surface area (Å²) in [6, 6.07) is 9.98. The van der Waals surface area contributed by atoms with Gasteiger partial charge in [-0.2, -0.15) is 13.2 Å². The van der Waals surface area contributed by atoms with E-state index in [1.165, 1.54) is 12.1 Å². The normalized spacial score (nSPS) is 22.4. The van der Waals surface area contributed by atoms with Crippen LogP contribution >= 0.6 is 11.8 Å². The first kappa shape index (κ1) is 22.8. The molecule has 170 valence electrons. The van der Waals surface area contributed by atoms with Crippen LogP contribution in [0.15, 0.2) is 46.9 Å². The van der Waals surface area contributed by atoms with Crippen molar-refractivity contribution in [3.8, 4) is 5.75 Å². The average Bonchev–Trinajstić information content (AvgIpc) is 3.04. The van der Waals surface area contributed by atoms with Crippen molar-refractivity contribution in [2.24, 2.45) is 11.8 Å². The SMILES string of the molecule is COc1cc2c(cc1N1CCC(C)[C@@H](C)C1)C/C(=C\c1ccc(SC(F)(F)F)cc1)C2=O. The van der Waals surface area contributed by atoms with Gasteiger partial charge in [0.2, 0.25) is 0 Å². The molecule has 2 aromatic carbocycles. The number of ketones is 1. The number of anilines is 1. The Balaban J connectivity index is 1.58. The highest BCUT2D eigenvalue weighted by atomic mass is 32.2. The third kappa shape index (κ3) is 4.82. The molecule has 1 heterocycles. The lowest BCUT2D eigenvalue weighted by Crippen LogP contribution is -2.38. The molecule has 0 aromatic heterocycles. The van der Waals surface area contributed by atoms with E-state index < -0.39 is 5.51 Å². The van der Waals surface area contributed by atoms with Crippen molar-refractivity contribution in [2.75, 3.05) is 25.1 Å². The van der Waals surface area contributed by atoms with Crippen LogP contribution in [0.25, 0.3) is 6.08 Å². The summed E-state index contributed by atoms with van der Waals surface area (Å²) >= 11 is -0.144. The Morgan fingerprint density at radius 1 is 1.12 bits per heavy atom. The molecule has 0 N–H and O–H groups in total. The van der Waals surface area contributed by atoms with Crippen LogP contribution in [0.2, 0.25) is 0 Å². The van der Waals surface area contributed by atoms with Gasteiger partial charge in [0.05, 0.1) is 12.8 Å². The molecule has 3 nitrogen and oxygen atoms in total. The van der Waals surface area contributed by atoms with Crippen molar-refractivity contribution < 1.29 is 22.7 Å². The molecule has 0 bridgehead atoms. The van der Waals surface area contributed by atoms with E-state index in [4.69, 9.17) is 4.74 Å². The Hall–Kier alpha value is -2.41. The van der Waals surface area contributed by atoms with Crippen LogP contribution in [0.3, 0.4) is 0 Å². The minimum Gasteiger partial charge on any atom is -0.495 e. The number of hydrogen-bond donors (Lipinski definition) is 0. The summed E-state index contributed by atoms with van der Waals surface area (Å²) in [6.45, 7) is 6.46. The molecule has 7 heteroatoms. The van der Waals surface area contributed by atoms with Crippen molar-refractivity contribution in [1.82, 2.24) is 0 Å². The van der Waals surface area contributed by atoms with E-state index in [-0.39, 0.29) is 22.4 Å². The Morgan fingerprint density at radius 3 is 2.47 bits per heavy atom. The van der Waals surface area contributed by atoms with Gasteiger partial charge >= 0.3 is 5.51 Å². The first-order valence-corrected chi connectivity index (χ1v) is 11.5. The van der Waals surface area contributed by atoms with Gasteiger partial charge in [0.1, 0.15) is 5.75 Å². The summed E-state index contributed by atoms with van der Waals surface area (Å²) in [5, 5.41) is 0. The van der Waals surface area contributed by atoms with Crippen molar-refractivity contribution >= 4 is 29.3 Å². The number of halogens is 3. The number of benzene rings is 2.